The molecule has 0 aliphatic carbocycles. The molecule has 9 N–H and O–H groups in total. The second-order valence-corrected chi connectivity index (χ2v) is 7.76. The van der Waals surface area contributed by atoms with Crippen LogP contribution in [0.25, 0.3) is 0 Å². The van der Waals surface area contributed by atoms with Crippen LogP contribution in [0.4, 0.5) is 0 Å². The number of nitrogens with one attached hydrogen (secondary N) is 1. The van der Waals surface area contributed by atoms with Gasteiger partial charge in [-0.15, -0.1) is 0 Å². The fourth-order valence-electron chi connectivity index (χ4n) is 3.23. The standard InChI is InChI=1S/C21H43N5O3/c1-2-19(27)16(15-20(28)17(24)10-3-6-12-22)9-5-8-14-26-21(29)18(25)11-4-7-13-23/h16-18H,2-15,22-25H2,1H3,(H,26,29). The van der Waals surface area contributed by atoms with Crippen molar-refractivity contribution in [1.82, 2.24) is 5.32 Å². The lowest BCUT2D eigenvalue weighted by Gasteiger charge is -2.17. The van der Waals surface area contributed by atoms with E-state index in [1.165, 1.54) is 0 Å². The number of Topliss-reactive ketones (excluding diaryl/α,β-unsaturated/α-hetero) is 2. The van der Waals surface area contributed by atoms with Crippen molar-refractivity contribution >= 4 is 17.5 Å². The highest BCUT2D eigenvalue weighted by Gasteiger charge is 2.23. The average Bonchev–Trinajstić information content (AvgIpc) is 2.71. The van der Waals surface area contributed by atoms with E-state index in [1.54, 1.807) is 0 Å². The van der Waals surface area contributed by atoms with Gasteiger partial charge in [-0.05, 0) is 51.6 Å². The van der Waals surface area contributed by atoms with E-state index in [9.17, 15) is 14.4 Å². The molecule has 0 aromatic heterocycles. The van der Waals surface area contributed by atoms with E-state index >= 15 is 0 Å². The summed E-state index contributed by atoms with van der Waals surface area (Å²) in [5.74, 6) is -0.395. The molecule has 0 radical (unpaired) electrons. The minimum absolute atomic E-state index is 0.0504. The highest BCUT2D eigenvalue weighted by atomic mass is 16.2. The summed E-state index contributed by atoms with van der Waals surface area (Å²) in [6.45, 7) is 3.52. The van der Waals surface area contributed by atoms with Gasteiger partial charge in [-0.2, -0.15) is 0 Å². The fraction of sp³-hybridized carbons (Fsp3) is 0.857. The summed E-state index contributed by atoms with van der Waals surface area (Å²) in [5.41, 5.74) is 22.7. The summed E-state index contributed by atoms with van der Waals surface area (Å²) in [5, 5.41) is 2.84. The molecular weight excluding hydrogens is 370 g/mol. The molecule has 29 heavy (non-hydrogen) atoms. The predicted molar refractivity (Wildman–Crippen MR) is 117 cm³/mol. The maximum atomic E-state index is 12.3. The van der Waals surface area contributed by atoms with E-state index in [0.717, 1.165) is 38.5 Å². The molecule has 0 saturated heterocycles. The van der Waals surface area contributed by atoms with Gasteiger partial charge in [0.25, 0.3) is 0 Å². The van der Waals surface area contributed by atoms with Crippen LogP contribution in [0.15, 0.2) is 0 Å². The number of carbonyl (C=O) groups is 3. The van der Waals surface area contributed by atoms with E-state index < -0.39 is 12.1 Å². The Kier molecular flexibility index (Phi) is 16.7. The van der Waals surface area contributed by atoms with Gasteiger partial charge in [0.1, 0.15) is 11.6 Å². The Hall–Kier alpha value is -1.35. The summed E-state index contributed by atoms with van der Waals surface area (Å²) in [7, 11) is 0. The van der Waals surface area contributed by atoms with Gasteiger partial charge in [0.05, 0.1) is 12.1 Å². The lowest BCUT2D eigenvalue weighted by molar-refractivity contribution is -0.128. The zero-order chi connectivity index (χ0) is 22.1. The Morgan fingerprint density at radius 2 is 1.31 bits per heavy atom. The number of ketones is 2. The molecule has 3 unspecified atom stereocenters. The molecular formula is C21H43N5O3. The van der Waals surface area contributed by atoms with Gasteiger partial charge in [0, 0.05) is 25.3 Å². The minimum atomic E-state index is -0.520. The molecule has 0 heterocycles. The van der Waals surface area contributed by atoms with Crippen LogP contribution < -0.4 is 28.3 Å². The van der Waals surface area contributed by atoms with E-state index in [4.69, 9.17) is 22.9 Å². The van der Waals surface area contributed by atoms with Gasteiger partial charge >= 0.3 is 0 Å². The van der Waals surface area contributed by atoms with Gasteiger partial charge in [0.15, 0.2) is 0 Å². The van der Waals surface area contributed by atoms with Crippen molar-refractivity contribution in [2.45, 2.75) is 89.6 Å². The Balaban J connectivity index is 4.22. The molecule has 1 amide bonds. The van der Waals surface area contributed by atoms with Crippen LogP contribution in [0.2, 0.25) is 0 Å². The first-order valence-electron chi connectivity index (χ1n) is 11.1. The van der Waals surface area contributed by atoms with Gasteiger partial charge in [-0.3, -0.25) is 14.4 Å². The number of carbonyl (C=O) groups excluding carboxylic acids is 3. The van der Waals surface area contributed by atoms with Crippen molar-refractivity contribution in [1.29, 1.82) is 0 Å². The number of amides is 1. The molecule has 0 aromatic rings. The average molecular weight is 414 g/mol. The van der Waals surface area contributed by atoms with Crippen LogP contribution in [0, 0.1) is 5.92 Å². The molecule has 0 aliphatic heterocycles. The number of rotatable bonds is 19. The Morgan fingerprint density at radius 1 is 0.759 bits per heavy atom. The molecule has 0 saturated carbocycles. The highest BCUT2D eigenvalue weighted by Crippen LogP contribution is 2.18. The largest absolute Gasteiger partial charge is 0.355 e. The number of nitrogens with two attached hydrogens (primary N) is 4. The lowest BCUT2D eigenvalue weighted by atomic mass is 9.88. The SMILES string of the molecule is CCC(=O)C(CCCCNC(=O)C(N)CCCCN)CC(=O)C(N)CCCCN. The highest BCUT2D eigenvalue weighted by molar-refractivity contribution is 5.90. The lowest BCUT2D eigenvalue weighted by Crippen LogP contribution is -2.41. The third-order valence-corrected chi connectivity index (χ3v) is 5.22. The third kappa shape index (κ3) is 13.5. The van der Waals surface area contributed by atoms with Gasteiger partial charge in [-0.1, -0.05) is 26.2 Å². The zero-order valence-corrected chi connectivity index (χ0v) is 18.2. The zero-order valence-electron chi connectivity index (χ0n) is 18.2. The minimum Gasteiger partial charge on any atom is -0.355 e. The molecule has 0 aromatic carbocycles. The number of unbranched alkanes of at least 4 members (excludes halogenated alkanes) is 3. The first-order chi connectivity index (χ1) is 13.9. The predicted octanol–water partition coefficient (Wildman–Crippen LogP) is 0.740. The van der Waals surface area contributed by atoms with E-state index in [2.05, 4.69) is 5.32 Å². The molecule has 3 atom stereocenters. The van der Waals surface area contributed by atoms with Crippen LogP contribution in [0.5, 0.6) is 0 Å². The van der Waals surface area contributed by atoms with Crippen LogP contribution >= 0.6 is 0 Å². The van der Waals surface area contributed by atoms with Gasteiger partial charge in [-0.25, -0.2) is 0 Å². The molecule has 8 nitrogen and oxygen atoms in total. The summed E-state index contributed by atoms with van der Waals surface area (Å²) < 4.78 is 0. The van der Waals surface area contributed by atoms with E-state index in [1.807, 2.05) is 6.92 Å². The van der Waals surface area contributed by atoms with Crippen LogP contribution in [0.3, 0.4) is 0 Å². The third-order valence-electron chi connectivity index (χ3n) is 5.22. The van der Waals surface area contributed by atoms with Crippen molar-refractivity contribution in [2.75, 3.05) is 19.6 Å². The second kappa shape index (κ2) is 17.5. The van der Waals surface area contributed by atoms with Gasteiger partial charge < -0.3 is 28.3 Å². The summed E-state index contributed by atoms with van der Waals surface area (Å²) >= 11 is 0. The van der Waals surface area contributed by atoms with Crippen molar-refractivity contribution < 1.29 is 14.4 Å². The fourth-order valence-corrected chi connectivity index (χ4v) is 3.23. The van der Waals surface area contributed by atoms with E-state index in [-0.39, 0.29) is 29.8 Å². The Morgan fingerprint density at radius 3 is 1.86 bits per heavy atom. The molecule has 0 aliphatic rings. The topological polar surface area (TPSA) is 167 Å². The smallest absolute Gasteiger partial charge is 0.236 e. The number of hydrogen-bond acceptors (Lipinski definition) is 7. The molecule has 0 spiro atoms. The molecule has 0 bridgehead atoms. The Bertz CT molecular complexity index is 473. The quantitative estimate of drug-likeness (QED) is 0.195. The molecule has 8 heteroatoms. The van der Waals surface area contributed by atoms with E-state index in [0.29, 0.717) is 45.3 Å². The summed E-state index contributed by atoms with van der Waals surface area (Å²) in [6, 6.07) is -1.02. The first kappa shape index (κ1) is 27.6. The Labute approximate surface area is 175 Å². The molecule has 0 fully saturated rings. The molecule has 0 rings (SSSR count). The second-order valence-electron chi connectivity index (χ2n) is 7.76. The van der Waals surface area contributed by atoms with Gasteiger partial charge in [0.2, 0.25) is 5.91 Å². The van der Waals surface area contributed by atoms with Crippen LogP contribution in [-0.4, -0.2) is 49.2 Å². The maximum Gasteiger partial charge on any atom is 0.236 e. The first-order valence-corrected chi connectivity index (χ1v) is 11.1. The van der Waals surface area contributed by atoms with Crippen molar-refractivity contribution in [2.24, 2.45) is 28.9 Å². The monoisotopic (exact) mass is 413 g/mol. The molecule has 170 valence electrons. The van der Waals surface area contributed by atoms with Crippen molar-refractivity contribution in [3.05, 3.63) is 0 Å². The van der Waals surface area contributed by atoms with Crippen molar-refractivity contribution in [3.63, 3.8) is 0 Å². The van der Waals surface area contributed by atoms with Crippen LogP contribution in [0.1, 0.15) is 77.6 Å². The number of hydrogen-bond donors (Lipinski definition) is 5. The normalized spacial score (nSPS) is 14.2. The van der Waals surface area contributed by atoms with Crippen molar-refractivity contribution in [3.8, 4) is 0 Å². The maximum absolute atomic E-state index is 12.3. The summed E-state index contributed by atoms with van der Waals surface area (Å²) in [4.78, 5) is 36.5. The van der Waals surface area contributed by atoms with Crippen LogP contribution in [-0.2, 0) is 14.4 Å². The summed E-state index contributed by atoms with van der Waals surface area (Å²) in [6.07, 6.45) is 7.36.